The number of methoxy groups -OCH3 is 1. The molecule has 0 heterocycles. The van der Waals surface area contributed by atoms with Crippen molar-refractivity contribution in [2.45, 2.75) is 13.8 Å². The monoisotopic (exact) mass is 350 g/mol. The van der Waals surface area contributed by atoms with E-state index in [9.17, 15) is 0 Å². The molecule has 0 spiro atoms. The SMILES string of the molecule is COc1cc(C)ccc1OCCOCCOc1cc(C)ccc1Cl. The van der Waals surface area contributed by atoms with Gasteiger partial charge in [-0.05, 0) is 49.2 Å². The van der Waals surface area contributed by atoms with Crippen LogP contribution >= 0.6 is 11.6 Å². The van der Waals surface area contributed by atoms with E-state index in [1.54, 1.807) is 7.11 Å². The lowest BCUT2D eigenvalue weighted by atomic mass is 10.2. The maximum atomic E-state index is 6.07. The first-order valence-electron chi connectivity index (χ1n) is 7.84. The van der Waals surface area contributed by atoms with Crippen molar-refractivity contribution in [3.8, 4) is 17.2 Å². The second-order valence-electron chi connectivity index (χ2n) is 5.40. The van der Waals surface area contributed by atoms with Gasteiger partial charge in [-0.1, -0.05) is 23.7 Å². The number of aryl methyl sites for hydroxylation is 2. The van der Waals surface area contributed by atoms with Crippen LogP contribution in [0.25, 0.3) is 0 Å². The quantitative estimate of drug-likeness (QED) is 0.626. The average molecular weight is 351 g/mol. The molecule has 2 rings (SSSR count). The normalized spacial score (nSPS) is 10.5. The number of halogens is 1. The highest BCUT2D eigenvalue weighted by Crippen LogP contribution is 2.27. The molecule has 0 bridgehead atoms. The number of rotatable bonds is 9. The summed E-state index contributed by atoms with van der Waals surface area (Å²) in [5.74, 6) is 2.13. The standard InChI is InChI=1S/C19H23ClO4/c1-14-4-6-16(20)18(12-14)24-11-9-22-8-10-23-17-7-5-15(2)13-19(17)21-3/h4-7,12-13H,8-11H2,1-3H3. The first-order chi connectivity index (χ1) is 11.6. The molecule has 0 radical (unpaired) electrons. The molecule has 5 heteroatoms. The van der Waals surface area contributed by atoms with E-state index in [1.165, 1.54) is 0 Å². The van der Waals surface area contributed by atoms with Crippen LogP contribution < -0.4 is 14.2 Å². The van der Waals surface area contributed by atoms with Crippen LogP contribution in [0.1, 0.15) is 11.1 Å². The largest absolute Gasteiger partial charge is 0.493 e. The van der Waals surface area contributed by atoms with Gasteiger partial charge in [-0.3, -0.25) is 0 Å². The third-order valence-electron chi connectivity index (χ3n) is 3.38. The lowest BCUT2D eigenvalue weighted by Gasteiger charge is -2.12. The van der Waals surface area contributed by atoms with Gasteiger partial charge in [0.25, 0.3) is 0 Å². The maximum Gasteiger partial charge on any atom is 0.161 e. The highest BCUT2D eigenvalue weighted by molar-refractivity contribution is 6.32. The summed E-state index contributed by atoms with van der Waals surface area (Å²) in [4.78, 5) is 0. The molecule has 0 saturated carbocycles. The fourth-order valence-corrected chi connectivity index (χ4v) is 2.31. The molecule has 0 aliphatic heterocycles. The molecule has 0 aliphatic rings. The first-order valence-corrected chi connectivity index (χ1v) is 8.22. The number of benzene rings is 2. The second-order valence-corrected chi connectivity index (χ2v) is 5.80. The van der Waals surface area contributed by atoms with Crippen molar-refractivity contribution in [1.29, 1.82) is 0 Å². The van der Waals surface area contributed by atoms with Crippen LogP contribution in [0.4, 0.5) is 0 Å². The molecule has 0 atom stereocenters. The molecule has 0 amide bonds. The van der Waals surface area contributed by atoms with E-state index < -0.39 is 0 Å². The van der Waals surface area contributed by atoms with E-state index in [-0.39, 0.29) is 0 Å². The smallest absolute Gasteiger partial charge is 0.161 e. The molecule has 0 fully saturated rings. The van der Waals surface area contributed by atoms with Crippen molar-refractivity contribution in [3.05, 3.63) is 52.5 Å². The summed E-state index contributed by atoms with van der Waals surface area (Å²) in [6.45, 7) is 5.84. The van der Waals surface area contributed by atoms with E-state index in [4.69, 9.17) is 30.5 Å². The van der Waals surface area contributed by atoms with Crippen LogP contribution in [-0.4, -0.2) is 33.5 Å². The summed E-state index contributed by atoms with van der Waals surface area (Å²) in [5, 5.41) is 0.607. The Balaban J connectivity index is 1.64. The van der Waals surface area contributed by atoms with Crippen LogP contribution in [0.3, 0.4) is 0 Å². The molecular formula is C19H23ClO4. The zero-order valence-electron chi connectivity index (χ0n) is 14.3. The molecule has 0 unspecified atom stereocenters. The number of ether oxygens (including phenoxy) is 4. The third-order valence-corrected chi connectivity index (χ3v) is 3.69. The first kappa shape index (κ1) is 18.4. The number of hydrogen-bond acceptors (Lipinski definition) is 4. The van der Waals surface area contributed by atoms with Crippen LogP contribution in [0, 0.1) is 13.8 Å². The molecule has 24 heavy (non-hydrogen) atoms. The van der Waals surface area contributed by atoms with E-state index in [0.29, 0.717) is 37.2 Å². The Labute approximate surface area is 148 Å². The minimum absolute atomic E-state index is 0.441. The minimum Gasteiger partial charge on any atom is -0.493 e. The molecule has 4 nitrogen and oxygen atoms in total. The topological polar surface area (TPSA) is 36.9 Å². The van der Waals surface area contributed by atoms with Crippen molar-refractivity contribution in [2.75, 3.05) is 33.5 Å². The van der Waals surface area contributed by atoms with Crippen LogP contribution in [-0.2, 0) is 4.74 Å². The lowest BCUT2D eigenvalue weighted by Crippen LogP contribution is -2.12. The fourth-order valence-electron chi connectivity index (χ4n) is 2.14. The van der Waals surface area contributed by atoms with E-state index in [1.807, 2.05) is 50.2 Å². The zero-order valence-corrected chi connectivity index (χ0v) is 15.1. The van der Waals surface area contributed by atoms with Gasteiger partial charge in [0.15, 0.2) is 11.5 Å². The summed E-state index contributed by atoms with van der Waals surface area (Å²) in [6, 6.07) is 11.5. The van der Waals surface area contributed by atoms with Gasteiger partial charge in [-0.15, -0.1) is 0 Å². The second kappa shape index (κ2) is 9.40. The van der Waals surface area contributed by atoms with Crippen molar-refractivity contribution in [3.63, 3.8) is 0 Å². The van der Waals surface area contributed by atoms with Gasteiger partial charge in [-0.25, -0.2) is 0 Å². The van der Waals surface area contributed by atoms with Gasteiger partial charge >= 0.3 is 0 Å². The van der Waals surface area contributed by atoms with Gasteiger partial charge in [0.2, 0.25) is 0 Å². The molecule has 0 saturated heterocycles. The van der Waals surface area contributed by atoms with Crippen LogP contribution in [0.5, 0.6) is 17.2 Å². The minimum atomic E-state index is 0.441. The summed E-state index contributed by atoms with van der Waals surface area (Å²) in [7, 11) is 1.63. The van der Waals surface area contributed by atoms with Crippen molar-refractivity contribution >= 4 is 11.6 Å². The molecule has 2 aromatic rings. The third kappa shape index (κ3) is 5.62. The molecular weight excluding hydrogens is 328 g/mol. The summed E-state index contributed by atoms with van der Waals surface area (Å²) >= 11 is 6.07. The Kier molecular flexibility index (Phi) is 7.22. The van der Waals surface area contributed by atoms with Gasteiger partial charge < -0.3 is 18.9 Å². The van der Waals surface area contributed by atoms with Gasteiger partial charge in [0.1, 0.15) is 19.0 Å². The van der Waals surface area contributed by atoms with Gasteiger partial charge in [0, 0.05) is 0 Å². The van der Waals surface area contributed by atoms with Crippen molar-refractivity contribution in [1.82, 2.24) is 0 Å². The molecule has 0 N–H and O–H groups in total. The summed E-state index contributed by atoms with van der Waals surface area (Å²) in [6.07, 6.45) is 0. The lowest BCUT2D eigenvalue weighted by molar-refractivity contribution is 0.0757. The highest BCUT2D eigenvalue weighted by atomic mass is 35.5. The Morgan fingerprint density at radius 1 is 0.750 bits per heavy atom. The Morgan fingerprint density at radius 3 is 2.00 bits per heavy atom. The van der Waals surface area contributed by atoms with Crippen molar-refractivity contribution in [2.24, 2.45) is 0 Å². The van der Waals surface area contributed by atoms with Gasteiger partial charge in [0.05, 0.1) is 25.3 Å². The highest BCUT2D eigenvalue weighted by Gasteiger charge is 2.04. The van der Waals surface area contributed by atoms with Crippen LogP contribution in [0.15, 0.2) is 36.4 Å². The van der Waals surface area contributed by atoms with E-state index in [0.717, 1.165) is 22.6 Å². The Hall–Kier alpha value is -1.91. The van der Waals surface area contributed by atoms with E-state index >= 15 is 0 Å². The zero-order chi connectivity index (χ0) is 17.4. The molecule has 2 aromatic carbocycles. The predicted molar refractivity (Wildman–Crippen MR) is 95.7 cm³/mol. The summed E-state index contributed by atoms with van der Waals surface area (Å²) in [5.41, 5.74) is 2.23. The predicted octanol–water partition coefficient (Wildman–Crippen LogP) is 4.44. The number of hydrogen-bond donors (Lipinski definition) is 0. The molecule has 0 aliphatic carbocycles. The Morgan fingerprint density at radius 2 is 1.33 bits per heavy atom. The Bertz CT molecular complexity index is 658. The van der Waals surface area contributed by atoms with E-state index in [2.05, 4.69) is 0 Å². The molecule has 0 aromatic heterocycles. The fraction of sp³-hybridized carbons (Fsp3) is 0.368. The summed E-state index contributed by atoms with van der Waals surface area (Å²) < 4.78 is 22.1. The molecule has 130 valence electrons. The van der Waals surface area contributed by atoms with Crippen molar-refractivity contribution < 1.29 is 18.9 Å². The average Bonchev–Trinajstić information content (AvgIpc) is 2.58. The van der Waals surface area contributed by atoms with Gasteiger partial charge in [-0.2, -0.15) is 0 Å². The maximum absolute atomic E-state index is 6.07. The van der Waals surface area contributed by atoms with Crippen LogP contribution in [0.2, 0.25) is 5.02 Å².